The summed E-state index contributed by atoms with van der Waals surface area (Å²) in [6, 6.07) is 3.90. The number of ether oxygens (including phenoxy) is 2. The van der Waals surface area contributed by atoms with E-state index in [1.165, 1.54) is 0 Å². The summed E-state index contributed by atoms with van der Waals surface area (Å²) in [6.45, 7) is 7.30. The first kappa shape index (κ1) is 15.2. The van der Waals surface area contributed by atoms with E-state index >= 15 is 0 Å². The second-order valence-electron chi connectivity index (χ2n) is 5.36. The number of nitrogens with one attached hydrogen (secondary N) is 1. The van der Waals surface area contributed by atoms with Crippen molar-refractivity contribution < 1.29 is 14.3 Å². The average Bonchev–Trinajstić information content (AvgIpc) is 2.39. The largest absolute Gasteiger partial charge is 0.486 e. The van der Waals surface area contributed by atoms with E-state index < -0.39 is 0 Å². The highest BCUT2D eigenvalue weighted by atomic mass is 79.9. The Balaban J connectivity index is 2.07. The van der Waals surface area contributed by atoms with E-state index in [2.05, 4.69) is 35.1 Å². The number of carbonyl (C=O) groups excluding carboxylic acids is 1. The van der Waals surface area contributed by atoms with Crippen molar-refractivity contribution >= 4 is 21.8 Å². The van der Waals surface area contributed by atoms with Gasteiger partial charge in [-0.3, -0.25) is 4.79 Å². The number of fused-ring (bicyclic) bond motifs is 1. The van der Waals surface area contributed by atoms with Gasteiger partial charge in [-0.25, -0.2) is 0 Å². The van der Waals surface area contributed by atoms with Crippen LogP contribution in [0.2, 0.25) is 0 Å². The van der Waals surface area contributed by atoms with Gasteiger partial charge in [0.1, 0.15) is 13.2 Å². The Morgan fingerprint density at radius 3 is 2.45 bits per heavy atom. The van der Waals surface area contributed by atoms with Crippen molar-refractivity contribution in [3.63, 3.8) is 0 Å². The van der Waals surface area contributed by atoms with Crippen LogP contribution in [-0.2, 0) is 11.2 Å². The first-order chi connectivity index (χ1) is 9.47. The number of carbonyl (C=O) groups is 1. The summed E-state index contributed by atoms with van der Waals surface area (Å²) in [4.78, 5) is 12.0. The van der Waals surface area contributed by atoms with Crippen LogP contribution in [0.5, 0.6) is 11.5 Å². The fourth-order valence-electron chi connectivity index (χ4n) is 1.89. The minimum absolute atomic E-state index is 0.0172. The zero-order chi connectivity index (χ0) is 14.7. The quantitative estimate of drug-likeness (QED) is 0.915. The fourth-order valence-corrected chi connectivity index (χ4v) is 2.35. The van der Waals surface area contributed by atoms with Crippen molar-refractivity contribution in [2.45, 2.75) is 33.2 Å². The molecule has 0 radical (unpaired) electrons. The van der Waals surface area contributed by atoms with E-state index in [0.717, 1.165) is 15.8 Å². The number of amides is 1. The SMILES string of the molecule is CC(C)C(C)NC(=O)Cc1cc2c(cc1Br)OCCO2. The summed E-state index contributed by atoms with van der Waals surface area (Å²) in [6.07, 6.45) is 0.328. The van der Waals surface area contributed by atoms with Crippen LogP contribution in [0.25, 0.3) is 0 Å². The molecular formula is C15H20BrNO3. The van der Waals surface area contributed by atoms with E-state index in [-0.39, 0.29) is 11.9 Å². The van der Waals surface area contributed by atoms with Crippen molar-refractivity contribution in [3.05, 3.63) is 22.2 Å². The molecule has 1 amide bonds. The van der Waals surface area contributed by atoms with Gasteiger partial charge in [0.2, 0.25) is 5.91 Å². The highest BCUT2D eigenvalue weighted by molar-refractivity contribution is 9.10. The van der Waals surface area contributed by atoms with Gasteiger partial charge >= 0.3 is 0 Å². The summed E-state index contributed by atoms with van der Waals surface area (Å²) >= 11 is 3.48. The molecule has 5 heteroatoms. The Morgan fingerprint density at radius 2 is 1.85 bits per heavy atom. The maximum Gasteiger partial charge on any atom is 0.224 e. The number of rotatable bonds is 4. The Morgan fingerprint density at radius 1 is 1.25 bits per heavy atom. The van der Waals surface area contributed by atoms with Gasteiger partial charge in [0.25, 0.3) is 0 Å². The maximum absolute atomic E-state index is 12.0. The molecule has 0 aromatic heterocycles. The molecule has 1 N–H and O–H groups in total. The molecule has 0 saturated heterocycles. The van der Waals surface area contributed by atoms with E-state index in [9.17, 15) is 4.79 Å². The van der Waals surface area contributed by atoms with Crippen molar-refractivity contribution in [2.75, 3.05) is 13.2 Å². The number of hydrogen-bond donors (Lipinski definition) is 1. The predicted octanol–water partition coefficient (Wildman–Crippen LogP) is 2.92. The molecule has 110 valence electrons. The van der Waals surface area contributed by atoms with E-state index in [4.69, 9.17) is 9.47 Å². The van der Waals surface area contributed by atoms with Gasteiger partial charge in [-0.1, -0.05) is 29.8 Å². The minimum Gasteiger partial charge on any atom is -0.486 e. The third-order valence-corrected chi connectivity index (χ3v) is 4.19. The molecule has 1 heterocycles. The summed E-state index contributed by atoms with van der Waals surface area (Å²) < 4.78 is 11.9. The van der Waals surface area contributed by atoms with Gasteiger partial charge in [0.05, 0.1) is 6.42 Å². The van der Waals surface area contributed by atoms with Crippen LogP contribution in [0, 0.1) is 5.92 Å². The standard InChI is InChI=1S/C15H20BrNO3/c1-9(2)10(3)17-15(18)7-11-6-13-14(8-12(11)16)20-5-4-19-13/h6,8-10H,4-5,7H2,1-3H3,(H,17,18). The molecule has 1 unspecified atom stereocenters. The molecule has 1 aliphatic heterocycles. The predicted molar refractivity (Wildman–Crippen MR) is 81.3 cm³/mol. The van der Waals surface area contributed by atoms with Crippen molar-refractivity contribution in [3.8, 4) is 11.5 Å². The molecule has 1 aromatic carbocycles. The third-order valence-electron chi connectivity index (χ3n) is 3.45. The topological polar surface area (TPSA) is 47.6 Å². The summed E-state index contributed by atoms with van der Waals surface area (Å²) in [5.74, 6) is 1.87. The highest BCUT2D eigenvalue weighted by Crippen LogP contribution is 2.35. The smallest absolute Gasteiger partial charge is 0.224 e. The second-order valence-corrected chi connectivity index (χ2v) is 6.22. The van der Waals surface area contributed by atoms with E-state index in [1.807, 2.05) is 19.1 Å². The molecule has 1 aromatic rings. The lowest BCUT2D eigenvalue weighted by molar-refractivity contribution is -0.121. The molecule has 2 rings (SSSR count). The number of benzene rings is 1. The third kappa shape index (κ3) is 3.66. The molecule has 0 fully saturated rings. The Labute approximate surface area is 128 Å². The lowest BCUT2D eigenvalue weighted by atomic mass is 10.1. The van der Waals surface area contributed by atoms with Crippen LogP contribution in [-0.4, -0.2) is 25.2 Å². The van der Waals surface area contributed by atoms with Crippen molar-refractivity contribution in [1.82, 2.24) is 5.32 Å². The van der Waals surface area contributed by atoms with Crippen molar-refractivity contribution in [1.29, 1.82) is 0 Å². The maximum atomic E-state index is 12.0. The van der Waals surface area contributed by atoms with E-state index in [0.29, 0.717) is 31.3 Å². The number of halogens is 1. The van der Waals surface area contributed by atoms with Crippen LogP contribution in [0.3, 0.4) is 0 Å². The van der Waals surface area contributed by atoms with Crippen LogP contribution >= 0.6 is 15.9 Å². The van der Waals surface area contributed by atoms with Crippen molar-refractivity contribution in [2.24, 2.45) is 5.92 Å². The van der Waals surface area contributed by atoms with Crippen LogP contribution < -0.4 is 14.8 Å². The molecular weight excluding hydrogens is 322 g/mol. The molecule has 1 atom stereocenters. The van der Waals surface area contributed by atoms with Gasteiger partial charge in [-0.05, 0) is 30.5 Å². The first-order valence-corrected chi connectivity index (χ1v) is 7.64. The Bertz CT molecular complexity index is 502. The van der Waals surface area contributed by atoms with Crippen LogP contribution in [0.15, 0.2) is 16.6 Å². The molecule has 0 aliphatic carbocycles. The highest BCUT2D eigenvalue weighted by Gasteiger charge is 2.17. The summed E-state index contributed by atoms with van der Waals surface area (Å²) in [5, 5.41) is 3.00. The Hall–Kier alpha value is -1.23. The molecule has 4 nitrogen and oxygen atoms in total. The molecule has 0 spiro atoms. The first-order valence-electron chi connectivity index (χ1n) is 6.84. The lowest BCUT2D eigenvalue weighted by Gasteiger charge is -2.21. The van der Waals surface area contributed by atoms with Gasteiger partial charge in [-0.2, -0.15) is 0 Å². The minimum atomic E-state index is 0.0172. The zero-order valence-electron chi connectivity index (χ0n) is 12.0. The normalized spacial score (nSPS) is 15.1. The van der Waals surface area contributed by atoms with Gasteiger partial charge in [0.15, 0.2) is 11.5 Å². The lowest BCUT2D eigenvalue weighted by Crippen LogP contribution is -2.37. The monoisotopic (exact) mass is 341 g/mol. The van der Waals surface area contributed by atoms with Gasteiger partial charge < -0.3 is 14.8 Å². The molecule has 0 saturated carbocycles. The molecule has 0 bridgehead atoms. The molecule has 1 aliphatic rings. The van der Waals surface area contributed by atoms with Crippen LogP contribution in [0.4, 0.5) is 0 Å². The zero-order valence-corrected chi connectivity index (χ0v) is 13.6. The Kier molecular flexibility index (Phi) is 4.91. The van der Waals surface area contributed by atoms with Crippen LogP contribution in [0.1, 0.15) is 26.3 Å². The summed E-state index contributed by atoms with van der Waals surface area (Å²) in [7, 11) is 0. The second kappa shape index (κ2) is 6.48. The fraction of sp³-hybridized carbons (Fsp3) is 0.533. The van der Waals surface area contributed by atoms with Gasteiger partial charge in [-0.15, -0.1) is 0 Å². The van der Waals surface area contributed by atoms with E-state index in [1.54, 1.807) is 0 Å². The summed E-state index contributed by atoms with van der Waals surface area (Å²) in [5.41, 5.74) is 0.905. The number of hydrogen-bond acceptors (Lipinski definition) is 3. The average molecular weight is 342 g/mol. The molecule has 20 heavy (non-hydrogen) atoms. The van der Waals surface area contributed by atoms with Gasteiger partial charge in [0, 0.05) is 10.5 Å².